The van der Waals surface area contributed by atoms with Crippen LogP contribution in [0.2, 0.25) is 0 Å². The van der Waals surface area contributed by atoms with Gasteiger partial charge in [-0.1, -0.05) is 6.07 Å². The minimum absolute atomic E-state index is 0.203. The van der Waals surface area contributed by atoms with Crippen molar-refractivity contribution in [2.24, 2.45) is 0 Å². The number of pyridine rings is 1. The summed E-state index contributed by atoms with van der Waals surface area (Å²) in [5.41, 5.74) is 3.30. The van der Waals surface area contributed by atoms with Crippen molar-refractivity contribution >= 4 is 11.6 Å². The predicted octanol–water partition coefficient (Wildman–Crippen LogP) is 2.34. The van der Waals surface area contributed by atoms with Crippen molar-refractivity contribution < 1.29 is 14.3 Å². The molecule has 1 amide bonds. The molecule has 0 fully saturated rings. The quantitative estimate of drug-likeness (QED) is 0.803. The van der Waals surface area contributed by atoms with E-state index in [0.29, 0.717) is 36.8 Å². The van der Waals surface area contributed by atoms with Crippen LogP contribution in [0.1, 0.15) is 21.6 Å². The van der Waals surface area contributed by atoms with Crippen LogP contribution in [-0.4, -0.2) is 28.5 Å². The molecule has 3 heterocycles. The van der Waals surface area contributed by atoms with E-state index >= 15 is 0 Å². The van der Waals surface area contributed by atoms with Gasteiger partial charge in [-0.25, -0.2) is 4.98 Å². The molecule has 122 valence electrons. The summed E-state index contributed by atoms with van der Waals surface area (Å²) in [6, 6.07) is 9.34. The van der Waals surface area contributed by atoms with Crippen molar-refractivity contribution in [1.29, 1.82) is 0 Å². The second-order valence-electron chi connectivity index (χ2n) is 5.71. The topological polar surface area (TPSA) is 64.9 Å². The summed E-state index contributed by atoms with van der Waals surface area (Å²) in [6.07, 6.45) is 3.87. The first-order valence-corrected chi connectivity index (χ1v) is 7.82. The number of imidazole rings is 1. The lowest BCUT2D eigenvalue weighted by atomic mass is 10.1. The van der Waals surface area contributed by atoms with Crippen LogP contribution in [-0.2, 0) is 6.54 Å². The van der Waals surface area contributed by atoms with E-state index in [2.05, 4.69) is 10.3 Å². The van der Waals surface area contributed by atoms with Crippen molar-refractivity contribution in [2.45, 2.75) is 13.5 Å². The standard InChI is InChI=1S/C18H17N3O3/c1-12-5-6-21-11-13(20-16(21)9-12)10-19-18(22)14-3-2-4-15-17(14)24-8-7-23-15/h2-6,9,11H,7-8,10H2,1H3,(H,19,22). The molecule has 4 rings (SSSR count). The van der Waals surface area contributed by atoms with Gasteiger partial charge in [-0.2, -0.15) is 0 Å². The summed E-state index contributed by atoms with van der Waals surface area (Å²) in [4.78, 5) is 17.0. The van der Waals surface area contributed by atoms with E-state index in [1.165, 1.54) is 0 Å². The second kappa shape index (κ2) is 5.88. The van der Waals surface area contributed by atoms with Crippen LogP contribution in [0.3, 0.4) is 0 Å². The fourth-order valence-electron chi connectivity index (χ4n) is 2.74. The van der Waals surface area contributed by atoms with Gasteiger partial charge in [0.1, 0.15) is 18.9 Å². The predicted molar refractivity (Wildman–Crippen MR) is 88.5 cm³/mol. The molecule has 1 aromatic carbocycles. The fraction of sp³-hybridized carbons (Fsp3) is 0.222. The third-order valence-electron chi connectivity index (χ3n) is 3.91. The van der Waals surface area contributed by atoms with E-state index in [9.17, 15) is 4.79 Å². The molecule has 24 heavy (non-hydrogen) atoms. The van der Waals surface area contributed by atoms with Gasteiger partial charge in [-0.05, 0) is 36.8 Å². The van der Waals surface area contributed by atoms with Crippen LogP contribution in [0.5, 0.6) is 11.5 Å². The highest BCUT2D eigenvalue weighted by Crippen LogP contribution is 2.33. The first kappa shape index (κ1) is 14.6. The maximum atomic E-state index is 12.5. The largest absolute Gasteiger partial charge is 0.486 e. The van der Waals surface area contributed by atoms with E-state index < -0.39 is 0 Å². The highest BCUT2D eigenvalue weighted by Gasteiger charge is 2.20. The van der Waals surface area contributed by atoms with Gasteiger partial charge >= 0.3 is 0 Å². The molecular weight excluding hydrogens is 306 g/mol. The SMILES string of the molecule is Cc1ccn2cc(CNC(=O)c3cccc4c3OCCO4)nc2c1. The monoisotopic (exact) mass is 323 g/mol. The molecular formula is C18H17N3O3. The number of aromatic nitrogens is 2. The van der Waals surface area contributed by atoms with Gasteiger partial charge < -0.3 is 19.2 Å². The number of carbonyl (C=O) groups excluding carboxylic acids is 1. The molecule has 0 bridgehead atoms. The van der Waals surface area contributed by atoms with Crippen LogP contribution in [0.25, 0.3) is 5.65 Å². The van der Waals surface area contributed by atoms with Gasteiger partial charge in [-0.3, -0.25) is 4.79 Å². The summed E-state index contributed by atoms with van der Waals surface area (Å²) in [7, 11) is 0. The average molecular weight is 323 g/mol. The Morgan fingerprint density at radius 2 is 2.17 bits per heavy atom. The molecule has 0 spiro atoms. The third-order valence-corrected chi connectivity index (χ3v) is 3.91. The highest BCUT2D eigenvalue weighted by atomic mass is 16.6. The number of para-hydroxylation sites is 1. The lowest BCUT2D eigenvalue weighted by molar-refractivity contribution is 0.0939. The van der Waals surface area contributed by atoms with Gasteiger partial charge in [0.2, 0.25) is 0 Å². The highest BCUT2D eigenvalue weighted by molar-refractivity contribution is 5.97. The number of amides is 1. The number of aryl methyl sites for hydroxylation is 1. The van der Waals surface area contributed by atoms with Crippen molar-refractivity contribution in [2.75, 3.05) is 13.2 Å². The smallest absolute Gasteiger partial charge is 0.255 e. The zero-order valence-electron chi connectivity index (χ0n) is 13.3. The lowest BCUT2D eigenvalue weighted by Gasteiger charge is -2.20. The van der Waals surface area contributed by atoms with Crippen LogP contribution in [0.4, 0.5) is 0 Å². The summed E-state index contributed by atoms with van der Waals surface area (Å²) in [5, 5.41) is 2.89. The Morgan fingerprint density at radius 3 is 3.08 bits per heavy atom. The molecule has 0 saturated heterocycles. The molecule has 6 nitrogen and oxygen atoms in total. The number of fused-ring (bicyclic) bond motifs is 2. The number of hydrogen-bond acceptors (Lipinski definition) is 4. The fourth-order valence-corrected chi connectivity index (χ4v) is 2.74. The molecule has 0 atom stereocenters. The van der Waals surface area contributed by atoms with E-state index in [1.54, 1.807) is 18.2 Å². The Kier molecular flexibility index (Phi) is 3.57. The Hall–Kier alpha value is -3.02. The van der Waals surface area contributed by atoms with Gasteiger partial charge in [-0.15, -0.1) is 0 Å². The normalized spacial score (nSPS) is 13.0. The van der Waals surface area contributed by atoms with E-state index in [1.807, 2.05) is 35.9 Å². The van der Waals surface area contributed by atoms with Crippen LogP contribution < -0.4 is 14.8 Å². The first-order chi connectivity index (χ1) is 11.7. The zero-order chi connectivity index (χ0) is 16.5. The second-order valence-corrected chi connectivity index (χ2v) is 5.71. The maximum absolute atomic E-state index is 12.5. The molecule has 0 unspecified atom stereocenters. The Bertz CT molecular complexity index is 917. The molecule has 2 aromatic heterocycles. The number of rotatable bonds is 3. The average Bonchev–Trinajstić information content (AvgIpc) is 3.01. The molecule has 0 saturated carbocycles. The molecule has 0 radical (unpaired) electrons. The number of hydrogen-bond donors (Lipinski definition) is 1. The third kappa shape index (κ3) is 2.67. The maximum Gasteiger partial charge on any atom is 0.255 e. The number of nitrogens with one attached hydrogen (secondary N) is 1. The van der Waals surface area contributed by atoms with Gasteiger partial charge in [0.25, 0.3) is 5.91 Å². The summed E-state index contributed by atoms with van der Waals surface area (Å²) < 4.78 is 13.0. The van der Waals surface area contributed by atoms with Crippen LogP contribution >= 0.6 is 0 Å². The molecule has 1 N–H and O–H groups in total. The van der Waals surface area contributed by atoms with E-state index in [4.69, 9.17) is 9.47 Å². The minimum atomic E-state index is -0.203. The van der Waals surface area contributed by atoms with Gasteiger partial charge in [0.15, 0.2) is 11.5 Å². The van der Waals surface area contributed by atoms with Crippen molar-refractivity contribution in [3.8, 4) is 11.5 Å². The number of benzene rings is 1. The summed E-state index contributed by atoms with van der Waals surface area (Å²) >= 11 is 0. The van der Waals surface area contributed by atoms with Crippen LogP contribution in [0.15, 0.2) is 42.7 Å². The van der Waals surface area contributed by atoms with Crippen molar-refractivity contribution in [3.05, 3.63) is 59.5 Å². The molecule has 0 aliphatic carbocycles. The van der Waals surface area contributed by atoms with Gasteiger partial charge in [0, 0.05) is 12.4 Å². The van der Waals surface area contributed by atoms with Gasteiger partial charge in [0.05, 0.1) is 17.8 Å². The molecule has 3 aromatic rings. The number of ether oxygens (including phenoxy) is 2. The van der Waals surface area contributed by atoms with Crippen molar-refractivity contribution in [3.63, 3.8) is 0 Å². The number of carbonyl (C=O) groups is 1. The molecule has 1 aliphatic heterocycles. The number of nitrogens with zero attached hydrogens (tertiary/aromatic N) is 2. The molecule has 1 aliphatic rings. The lowest BCUT2D eigenvalue weighted by Crippen LogP contribution is -2.25. The zero-order valence-corrected chi connectivity index (χ0v) is 13.3. The molecule has 6 heteroatoms. The summed E-state index contributed by atoms with van der Waals surface area (Å²) in [5.74, 6) is 0.912. The Morgan fingerprint density at radius 1 is 1.29 bits per heavy atom. The van der Waals surface area contributed by atoms with E-state index in [-0.39, 0.29) is 5.91 Å². The Balaban J connectivity index is 1.52. The minimum Gasteiger partial charge on any atom is -0.486 e. The van der Waals surface area contributed by atoms with Crippen LogP contribution in [0, 0.1) is 6.92 Å². The first-order valence-electron chi connectivity index (χ1n) is 7.82. The van der Waals surface area contributed by atoms with Crippen molar-refractivity contribution in [1.82, 2.24) is 14.7 Å². The van der Waals surface area contributed by atoms with E-state index in [0.717, 1.165) is 16.9 Å². The Labute approximate surface area is 139 Å². The summed E-state index contributed by atoms with van der Waals surface area (Å²) in [6.45, 7) is 3.32.